The van der Waals surface area contributed by atoms with Gasteiger partial charge in [0.05, 0.1) is 17.5 Å². The Labute approximate surface area is 240 Å². The lowest BCUT2D eigenvalue weighted by atomic mass is 9.71. The van der Waals surface area contributed by atoms with Crippen molar-refractivity contribution in [3.63, 3.8) is 0 Å². The summed E-state index contributed by atoms with van der Waals surface area (Å²) in [4.78, 5) is 26.4. The summed E-state index contributed by atoms with van der Waals surface area (Å²) in [6, 6.07) is 17.1. The maximum atomic E-state index is 12.2. The predicted octanol–water partition coefficient (Wildman–Crippen LogP) is 2.37. The van der Waals surface area contributed by atoms with Crippen LogP contribution in [0.2, 0.25) is 0 Å². The molecule has 0 saturated carbocycles. The Morgan fingerprint density at radius 3 is 2.22 bits per heavy atom. The number of hydrogen-bond acceptors (Lipinski definition) is 8. The van der Waals surface area contributed by atoms with Crippen LogP contribution >= 0.6 is 0 Å². The lowest BCUT2D eigenvalue weighted by Gasteiger charge is -2.41. The fraction of sp³-hybridized carbons (Fsp3) is 0.467. The fourth-order valence-corrected chi connectivity index (χ4v) is 6.21. The summed E-state index contributed by atoms with van der Waals surface area (Å²) in [6.45, 7) is 10.00. The zero-order valence-corrected chi connectivity index (χ0v) is 24.3. The second-order valence-electron chi connectivity index (χ2n) is 11.5. The van der Waals surface area contributed by atoms with Crippen LogP contribution in [0.3, 0.4) is 0 Å². The highest BCUT2D eigenvalue weighted by molar-refractivity contribution is 5.94. The number of nitrogens with two attached hydrogens (primary N) is 1. The van der Waals surface area contributed by atoms with Gasteiger partial charge in [0.1, 0.15) is 0 Å². The first-order valence-corrected chi connectivity index (χ1v) is 13.9. The molecule has 2 amide bonds. The minimum atomic E-state index is -0.855. The van der Waals surface area contributed by atoms with Gasteiger partial charge in [0.2, 0.25) is 5.91 Å². The van der Waals surface area contributed by atoms with E-state index in [-0.39, 0.29) is 17.5 Å². The van der Waals surface area contributed by atoms with Crippen molar-refractivity contribution < 1.29 is 9.59 Å². The Morgan fingerprint density at radius 2 is 1.71 bits per heavy atom. The van der Waals surface area contributed by atoms with Crippen LogP contribution in [0.5, 0.6) is 0 Å². The minimum Gasteiger partial charge on any atom is -0.366 e. The number of rotatable bonds is 11. The van der Waals surface area contributed by atoms with Gasteiger partial charge in [-0.1, -0.05) is 36.4 Å². The Hall–Kier alpha value is -4.14. The average molecular weight is 558 g/mol. The van der Waals surface area contributed by atoms with Gasteiger partial charge in [-0.25, -0.2) is 0 Å². The van der Waals surface area contributed by atoms with E-state index in [9.17, 15) is 14.9 Å². The fourth-order valence-electron chi connectivity index (χ4n) is 6.21. The van der Waals surface area contributed by atoms with Crippen LogP contribution in [-0.2, 0) is 5.41 Å². The second kappa shape index (κ2) is 12.2. The molecule has 1 aromatic heterocycles. The Kier molecular flexibility index (Phi) is 8.85. The highest BCUT2D eigenvalue weighted by Gasteiger charge is 2.44. The third-order valence-corrected chi connectivity index (χ3v) is 8.53. The molecule has 41 heavy (non-hydrogen) atoms. The van der Waals surface area contributed by atoms with Crippen LogP contribution in [0, 0.1) is 17.2 Å². The van der Waals surface area contributed by atoms with Gasteiger partial charge in [0, 0.05) is 36.3 Å². The van der Waals surface area contributed by atoms with Crippen molar-refractivity contribution in [2.24, 2.45) is 11.7 Å². The zero-order chi connectivity index (χ0) is 29.8. The summed E-state index contributed by atoms with van der Waals surface area (Å²) in [5.74, 6) is 0.217. The molecule has 4 atom stereocenters. The normalized spacial score (nSPS) is 20.7. The molecular weight excluding hydrogens is 518 g/mol. The van der Waals surface area contributed by atoms with Crippen LogP contribution in [0.4, 0.5) is 0 Å². The van der Waals surface area contributed by atoms with Crippen molar-refractivity contribution in [2.75, 3.05) is 20.1 Å². The maximum absolute atomic E-state index is 12.2. The Morgan fingerprint density at radius 1 is 1.10 bits per heavy atom. The van der Waals surface area contributed by atoms with Crippen molar-refractivity contribution in [2.45, 2.75) is 63.6 Å². The third-order valence-electron chi connectivity index (χ3n) is 8.53. The number of likely N-dealkylation sites (tertiary alicyclic amines) is 1. The van der Waals surface area contributed by atoms with E-state index in [0.29, 0.717) is 48.4 Å². The van der Waals surface area contributed by atoms with Crippen LogP contribution in [-0.4, -0.2) is 75.1 Å². The third kappa shape index (κ3) is 5.85. The lowest BCUT2D eigenvalue weighted by Crippen LogP contribution is -2.55. The van der Waals surface area contributed by atoms with Crippen molar-refractivity contribution in [1.29, 1.82) is 5.26 Å². The van der Waals surface area contributed by atoms with E-state index in [0.717, 1.165) is 17.5 Å². The molecule has 1 saturated heterocycles. The van der Waals surface area contributed by atoms with Gasteiger partial charge >= 0.3 is 0 Å². The molecule has 5 N–H and O–H groups in total. The number of aromatic nitrogens is 4. The number of nitrogens with zero attached hydrogens (tertiary/aromatic N) is 5. The van der Waals surface area contributed by atoms with E-state index < -0.39 is 11.3 Å². The first-order chi connectivity index (χ1) is 19.5. The molecule has 1 unspecified atom stereocenters. The largest absolute Gasteiger partial charge is 0.366 e. The molecule has 1 aliphatic heterocycles. The molecule has 0 aliphatic carbocycles. The molecule has 3 aromatic rings. The topological polar surface area (TPSA) is 166 Å². The molecule has 1 fully saturated rings. The number of hydrogen-bond donors (Lipinski definition) is 4. The summed E-state index contributed by atoms with van der Waals surface area (Å²) in [5, 5.41) is 31.4. The van der Waals surface area contributed by atoms with E-state index in [1.54, 1.807) is 31.3 Å². The Bertz CT molecular complexity index is 1380. The van der Waals surface area contributed by atoms with Crippen LogP contribution < -0.4 is 16.4 Å². The number of tetrazole rings is 1. The second-order valence-corrected chi connectivity index (χ2v) is 11.5. The van der Waals surface area contributed by atoms with Crippen molar-refractivity contribution in [3.8, 4) is 6.07 Å². The molecule has 2 heterocycles. The monoisotopic (exact) mass is 557 g/mol. The number of benzene rings is 2. The molecule has 1 aliphatic rings. The number of amides is 2. The molecule has 216 valence electrons. The van der Waals surface area contributed by atoms with Gasteiger partial charge in [-0.15, -0.1) is 10.2 Å². The van der Waals surface area contributed by atoms with Gasteiger partial charge in [0.25, 0.3) is 5.91 Å². The molecule has 0 radical (unpaired) electrons. The highest BCUT2D eigenvalue weighted by atomic mass is 16.1. The van der Waals surface area contributed by atoms with Gasteiger partial charge in [-0.05, 0) is 81.5 Å². The Balaban J connectivity index is 1.68. The van der Waals surface area contributed by atoms with E-state index >= 15 is 0 Å². The molecule has 2 aromatic carbocycles. The minimum absolute atomic E-state index is 0.113. The molecule has 0 bridgehead atoms. The standard InChI is InChI=1S/C30H39N9O2/c1-19-16-25(17-31)39(20(19)2)29(3,4)18-34-15-14-30(28-35-37-38-36-28,23-10-6-21(7-11-23)26(32)40)24-12-8-22(9-13-24)27(41)33-5/h6-13,19-20,25,34H,14-16,18H2,1-5H3,(H2,32,40)(H,33,41)(H,35,36,37,38)/t19-,20+,25+,30?/m1/s1. The lowest BCUT2D eigenvalue weighted by molar-refractivity contribution is 0.0811. The molecule has 11 heteroatoms. The summed E-state index contributed by atoms with van der Waals surface area (Å²) >= 11 is 0. The number of aromatic amines is 1. The van der Waals surface area contributed by atoms with Crippen molar-refractivity contribution in [3.05, 3.63) is 76.6 Å². The highest BCUT2D eigenvalue weighted by Crippen LogP contribution is 2.40. The number of primary amides is 1. The molecular formula is C30H39N9O2. The molecule has 0 spiro atoms. The SMILES string of the molecule is CNC(=O)c1ccc(C(CCNCC(C)(C)N2[C@H](C#N)C[C@@H](C)[C@@H]2C)(c2ccc(C(N)=O)cc2)c2nn[nH]n2)cc1. The summed E-state index contributed by atoms with van der Waals surface area (Å²) in [7, 11) is 1.59. The number of carbonyl (C=O) groups excluding carboxylic acids is 2. The smallest absolute Gasteiger partial charge is 0.251 e. The first-order valence-electron chi connectivity index (χ1n) is 13.9. The van der Waals surface area contributed by atoms with E-state index in [1.165, 1.54) is 0 Å². The number of H-pyrrole nitrogens is 1. The van der Waals surface area contributed by atoms with E-state index in [1.807, 2.05) is 24.3 Å². The summed E-state index contributed by atoms with van der Waals surface area (Å²) in [5.41, 5.74) is 7.05. The van der Waals surface area contributed by atoms with Gasteiger partial charge < -0.3 is 16.4 Å². The summed E-state index contributed by atoms with van der Waals surface area (Å²) < 4.78 is 0. The zero-order valence-electron chi connectivity index (χ0n) is 24.3. The first kappa shape index (κ1) is 29.8. The number of carbonyl (C=O) groups is 2. The van der Waals surface area contributed by atoms with Gasteiger partial charge in [-0.3, -0.25) is 14.5 Å². The van der Waals surface area contributed by atoms with E-state index in [4.69, 9.17) is 5.73 Å². The number of nitrogens with one attached hydrogen (secondary N) is 3. The van der Waals surface area contributed by atoms with Crippen molar-refractivity contribution >= 4 is 11.8 Å². The van der Waals surface area contributed by atoms with Crippen LogP contribution in [0.25, 0.3) is 0 Å². The van der Waals surface area contributed by atoms with Crippen molar-refractivity contribution in [1.82, 2.24) is 36.2 Å². The number of nitriles is 1. The molecule has 4 rings (SSSR count). The van der Waals surface area contributed by atoms with Crippen LogP contribution in [0.1, 0.15) is 78.2 Å². The van der Waals surface area contributed by atoms with E-state index in [2.05, 4.69) is 69.9 Å². The van der Waals surface area contributed by atoms with Gasteiger partial charge in [-0.2, -0.15) is 10.5 Å². The predicted molar refractivity (Wildman–Crippen MR) is 155 cm³/mol. The summed E-state index contributed by atoms with van der Waals surface area (Å²) in [6.07, 6.45) is 1.42. The molecule has 11 nitrogen and oxygen atoms in total. The average Bonchev–Trinajstić information content (AvgIpc) is 3.61. The maximum Gasteiger partial charge on any atom is 0.251 e. The van der Waals surface area contributed by atoms with Crippen LogP contribution in [0.15, 0.2) is 48.5 Å². The van der Waals surface area contributed by atoms with Gasteiger partial charge in [0.15, 0.2) is 5.82 Å². The quantitative estimate of drug-likeness (QED) is 0.261.